The topological polar surface area (TPSA) is 77.1 Å². The second-order valence-electron chi connectivity index (χ2n) is 4.43. The molecule has 5 heteroatoms. The number of amides is 2. The molecule has 0 aliphatic carbocycles. The Balaban J connectivity index is 2.25. The van der Waals surface area contributed by atoms with Crippen molar-refractivity contribution in [1.29, 1.82) is 0 Å². The van der Waals surface area contributed by atoms with Crippen LogP contribution in [0, 0.1) is 0 Å². The van der Waals surface area contributed by atoms with Gasteiger partial charge in [0.15, 0.2) is 0 Å². The average Bonchev–Trinajstić information content (AvgIpc) is 2.62. The fourth-order valence-corrected chi connectivity index (χ4v) is 2.37. The van der Waals surface area contributed by atoms with Gasteiger partial charge in [0.25, 0.3) is 5.91 Å². The lowest BCUT2D eigenvalue weighted by molar-refractivity contribution is 0.0950. The first-order valence-electron chi connectivity index (χ1n) is 5.88. The minimum absolute atomic E-state index is 0.0654. The molecule has 5 nitrogen and oxygen atoms in total. The van der Waals surface area contributed by atoms with Gasteiger partial charge in [0, 0.05) is 29.6 Å². The molecular weight excluding hydrogens is 230 g/mol. The maximum absolute atomic E-state index is 11.9. The Kier molecular flexibility index (Phi) is 2.33. The third kappa shape index (κ3) is 1.55. The number of nitrogens with two attached hydrogens (primary N) is 1. The van der Waals surface area contributed by atoms with Gasteiger partial charge in [-0.25, -0.2) is 0 Å². The van der Waals surface area contributed by atoms with Crippen molar-refractivity contribution in [2.24, 2.45) is 5.73 Å². The van der Waals surface area contributed by atoms with E-state index in [0.717, 1.165) is 23.9 Å². The molecule has 3 rings (SSSR count). The molecule has 0 unspecified atom stereocenters. The Morgan fingerprint density at radius 3 is 2.94 bits per heavy atom. The van der Waals surface area contributed by atoms with E-state index in [1.165, 1.54) is 0 Å². The number of fused-ring (bicyclic) bond motifs is 3. The molecule has 1 aliphatic heterocycles. The third-order valence-corrected chi connectivity index (χ3v) is 3.27. The fraction of sp³-hybridized carbons (Fsp3) is 0.231. The van der Waals surface area contributed by atoms with Crippen molar-refractivity contribution in [2.45, 2.75) is 13.0 Å². The normalized spacial score (nSPS) is 15.0. The van der Waals surface area contributed by atoms with E-state index in [1.54, 1.807) is 12.1 Å². The molecule has 0 bridgehead atoms. The fourth-order valence-electron chi connectivity index (χ4n) is 2.37. The quantitative estimate of drug-likeness (QED) is 0.779. The summed E-state index contributed by atoms with van der Waals surface area (Å²) in [6.07, 6.45) is 0.878. The summed E-state index contributed by atoms with van der Waals surface area (Å²) >= 11 is 0. The summed E-state index contributed by atoms with van der Waals surface area (Å²) in [6, 6.07) is 7.10. The zero-order chi connectivity index (χ0) is 12.7. The number of hydrogen-bond acceptors (Lipinski definition) is 2. The lowest BCUT2D eigenvalue weighted by atomic mass is 10.1. The van der Waals surface area contributed by atoms with E-state index in [9.17, 15) is 9.59 Å². The van der Waals surface area contributed by atoms with Crippen LogP contribution in [0.5, 0.6) is 0 Å². The molecule has 0 radical (unpaired) electrons. The van der Waals surface area contributed by atoms with Crippen molar-refractivity contribution in [1.82, 2.24) is 9.88 Å². The summed E-state index contributed by atoms with van der Waals surface area (Å²) in [4.78, 5) is 23.1. The van der Waals surface area contributed by atoms with E-state index in [4.69, 9.17) is 5.73 Å². The van der Waals surface area contributed by atoms with Crippen molar-refractivity contribution < 1.29 is 9.59 Å². The van der Waals surface area contributed by atoms with Crippen LogP contribution in [0.4, 0.5) is 0 Å². The number of carbonyl (C=O) groups excluding carboxylic acids is 2. The first-order valence-corrected chi connectivity index (χ1v) is 5.88. The van der Waals surface area contributed by atoms with Gasteiger partial charge in [0.05, 0.1) is 0 Å². The van der Waals surface area contributed by atoms with Gasteiger partial charge in [-0.15, -0.1) is 0 Å². The van der Waals surface area contributed by atoms with Crippen LogP contribution in [-0.4, -0.2) is 22.9 Å². The van der Waals surface area contributed by atoms with E-state index >= 15 is 0 Å². The largest absolute Gasteiger partial charge is 0.366 e. The first-order chi connectivity index (χ1) is 8.66. The minimum Gasteiger partial charge on any atom is -0.366 e. The van der Waals surface area contributed by atoms with Crippen molar-refractivity contribution in [3.63, 3.8) is 0 Å². The van der Waals surface area contributed by atoms with Crippen LogP contribution < -0.4 is 11.1 Å². The number of carbonyl (C=O) groups is 2. The number of primary amides is 1. The molecule has 92 valence electrons. The number of nitrogens with one attached hydrogen (secondary N) is 1. The molecule has 1 aromatic carbocycles. The zero-order valence-electron chi connectivity index (χ0n) is 9.77. The number of aromatic nitrogens is 1. The Labute approximate surface area is 104 Å². The predicted molar refractivity (Wildman–Crippen MR) is 67.4 cm³/mol. The third-order valence-electron chi connectivity index (χ3n) is 3.27. The Morgan fingerprint density at radius 1 is 1.33 bits per heavy atom. The Hall–Kier alpha value is -2.30. The maximum Gasteiger partial charge on any atom is 0.267 e. The maximum atomic E-state index is 11.9. The van der Waals surface area contributed by atoms with Gasteiger partial charge in [-0.3, -0.25) is 9.59 Å². The molecule has 2 amide bonds. The number of hydrogen-bond donors (Lipinski definition) is 2. The summed E-state index contributed by atoms with van der Waals surface area (Å²) in [5, 5.41) is 3.80. The van der Waals surface area contributed by atoms with Gasteiger partial charge in [0.1, 0.15) is 5.69 Å². The van der Waals surface area contributed by atoms with Gasteiger partial charge >= 0.3 is 0 Å². The molecule has 2 aromatic rings. The van der Waals surface area contributed by atoms with Crippen LogP contribution in [0.1, 0.15) is 27.3 Å². The standard InChI is InChI=1S/C13H13N3O2/c14-12(17)9-3-2-8-6-11-13(18)15-4-1-5-16(11)10(8)7-9/h2-3,6-7H,1,4-5H2,(H2,14,17)(H,15,18). The highest BCUT2D eigenvalue weighted by Gasteiger charge is 2.18. The second-order valence-corrected chi connectivity index (χ2v) is 4.43. The van der Waals surface area contributed by atoms with Gasteiger partial charge in [-0.05, 0) is 24.6 Å². The van der Waals surface area contributed by atoms with Gasteiger partial charge in [-0.1, -0.05) is 6.07 Å². The van der Waals surface area contributed by atoms with Crippen LogP contribution in [0.15, 0.2) is 24.3 Å². The van der Waals surface area contributed by atoms with Crippen LogP contribution in [0.25, 0.3) is 10.9 Å². The lowest BCUT2D eigenvalue weighted by Crippen LogP contribution is -2.22. The summed E-state index contributed by atoms with van der Waals surface area (Å²) in [6.45, 7) is 1.44. The van der Waals surface area contributed by atoms with Crippen molar-refractivity contribution in [3.05, 3.63) is 35.5 Å². The first kappa shape index (κ1) is 10.8. The van der Waals surface area contributed by atoms with Gasteiger partial charge in [0.2, 0.25) is 5.91 Å². The number of nitrogens with zero attached hydrogens (tertiary/aromatic N) is 1. The smallest absolute Gasteiger partial charge is 0.267 e. The Morgan fingerprint density at radius 2 is 2.17 bits per heavy atom. The zero-order valence-corrected chi connectivity index (χ0v) is 9.77. The molecule has 1 aliphatic rings. The molecule has 0 saturated carbocycles. The highest BCUT2D eigenvalue weighted by Crippen LogP contribution is 2.23. The SMILES string of the molecule is NC(=O)c1ccc2cc3n(c2c1)CCCNC3=O. The molecular formula is C13H13N3O2. The summed E-state index contributed by atoms with van der Waals surface area (Å²) in [5.74, 6) is -0.519. The monoisotopic (exact) mass is 243 g/mol. The molecule has 0 fully saturated rings. The van der Waals surface area contributed by atoms with E-state index < -0.39 is 5.91 Å². The van der Waals surface area contributed by atoms with Crippen LogP contribution >= 0.6 is 0 Å². The van der Waals surface area contributed by atoms with E-state index in [-0.39, 0.29) is 5.91 Å². The molecule has 1 aromatic heterocycles. The Bertz CT molecular complexity index is 658. The number of rotatable bonds is 1. The van der Waals surface area contributed by atoms with Crippen LogP contribution in [0.3, 0.4) is 0 Å². The second kappa shape index (κ2) is 3.87. The van der Waals surface area contributed by atoms with E-state index in [0.29, 0.717) is 17.8 Å². The van der Waals surface area contributed by atoms with Crippen molar-refractivity contribution >= 4 is 22.7 Å². The predicted octanol–water partition coefficient (Wildman–Crippen LogP) is 0.874. The van der Waals surface area contributed by atoms with Gasteiger partial charge < -0.3 is 15.6 Å². The number of benzene rings is 1. The van der Waals surface area contributed by atoms with Crippen molar-refractivity contribution in [2.75, 3.05) is 6.54 Å². The molecule has 0 atom stereocenters. The molecule has 0 saturated heterocycles. The minimum atomic E-state index is -0.453. The van der Waals surface area contributed by atoms with Crippen LogP contribution in [-0.2, 0) is 6.54 Å². The summed E-state index contributed by atoms with van der Waals surface area (Å²) in [5.41, 5.74) is 7.28. The summed E-state index contributed by atoms with van der Waals surface area (Å²) in [7, 11) is 0. The molecule has 0 spiro atoms. The van der Waals surface area contributed by atoms with E-state index in [1.807, 2.05) is 16.7 Å². The molecule has 18 heavy (non-hydrogen) atoms. The number of aryl methyl sites for hydroxylation is 1. The lowest BCUT2D eigenvalue weighted by Gasteiger charge is -2.05. The molecule has 3 N–H and O–H groups in total. The van der Waals surface area contributed by atoms with Crippen molar-refractivity contribution in [3.8, 4) is 0 Å². The highest BCUT2D eigenvalue weighted by atomic mass is 16.2. The van der Waals surface area contributed by atoms with Crippen LogP contribution in [0.2, 0.25) is 0 Å². The summed E-state index contributed by atoms with van der Waals surface area (Å²) < 4.78 is 1.95. The van der Waals surface area contributed by atoms with Gasteiger partial charge in [-0.2, -0.15) is 0 Å². The highest BCUT2D eigenvalue weighted by molar-refractivity contribution is 6.01. The molecule has 2 heterocycles. The van der Waals surface area contributed by atoms with E-state index in [2.05, 4.69) is 5.32 Å². The average molecular weight is 243 g/mol.